The van der Waals surface area contributed by atoms with Gasteiger partial charge < -0.3 is 20.3 Å². The maximum Gasteiger partial charge on any atom is 0.321 e. The number of ether oxygens (including phenoxy) is 1. The number of piperidine rings is 1. The van der Waals surface area contributed by atoms with Crippen LogP contribution in [-0.4, -0.2) is 43.6 Å². The van der Waals surface area contributed by atoms with Gasteiger partial charge in [-0.3, -0.25) is 4.79 Å². The predicted molar refractivity (Wildman–Crippen MR) is 101 cm³/mol. The maximum atomic E-state index is 12.5. The van der Waals surface area contributed by atoms with E-state index in [-0.39, 0.29) is 17.9 Å². The number of carbonyl (C=O) groups is 2. The molecule has 1 aromatic carbocycles. The van der Waals surface area contributed by atoms with E-state index in [1.165, 1.54) is 12.8 Å². The van der Waals surface area contributed by atoms with Gasteiger partial charge in [0.05, 0.1) is 12.8 Å². The Balaban J connectivity index is 1.41. The van der Waals surface area contributed by atoms with Gasteiger partial charge in [0.15, 0.2) is 0 Å². The fourth-order valence-corrected chi connectivity index (χ4v) is 3.86. The standard InChI is InChI=1S/C20H29N3O3/c1-26-18-9-5-4-8-17(18)22-20(25)23-12-10-15(11-13-23)14-21-19(24)16-6-2-3-7-16/h4-5,8-9,15-16H,2-3,6-7,10-14H2,1H3,(H,21,24)(H,22,25). The summed E-state index contributed by atoms with van der Waals surface area (Å²) in [4.78, 5) is 26.4. The van der Waals surface area contributed by atoms with Crippen molar-refractivity contribution in [3.8, 4) is 5.75 Å². The first-order valence-corrected chi connectivity index (χ1v) is 9.64. The quantitative estimate of drug-likeness (QED) is 0.848. The molecule has 1 saturated carbocycles. The minimum Gasteiger partial charge on any atom is -0.495 e. The highest BCUT2D eigenvalue weighted by molar-refractivity contribution is 5.91. The van der Waals surface area contributed by atoms with E-state index in [0.717, 1.165) is 32.2 Å². The molecule has 2 aliphatic rings. The first kappa shape index (κ1) is 18.5. The van der Waals surface area contributed by atoms with Crippen LogP contribution >= 0.6 is 0 Å². The summed E-state index contributed by atoms with van der Waals surface area (Å²) in [6.45, 7) is 2.16. The number of anilines is 1. The van der Waals surface area contributed by atoms with E-state index in [4.69, 9.17) is 4.74 Å². The van der Waals surface area contributed by atoms with Crippen molar-refractivity contribution in [2.24, 2.45) is 11.8 Å². The first-order valence-electron chi connectivity index (χ1n) is 9.64. The summed E-state index contributed by atoms with van der Waals surface area (Å²) in [5, 5.41) is 6.04. The van der Waals surface area contributed by atoms with Crippen LogP contribution in [-0.2, 0) is 4.79 Å². The molecular formula is C20H29N3O3. The topological polar surface area (TPSA) is 70.7 Å². The number of benzene rings is 1. The number of methoxy groups -OCH3 is 1. The maximum absolute atomic E-state index is 12.5. The molecule has 3 amide bonds. The number of nitrogens with one attached hydrogen (secondary N) is 2. The number of amides is 3. The van der Waals surface area contributed by atoms with Crippen LogP contribution in [0.1, 0.15) is 38.5 Å². The Bertz CT molecular complexity index is 620. The van der Waals surface area contributed by atoms with Gasteiger partial charge in [0.2, 0.25) is 5.91 Å². The third-order valence-corrected chi connectivity index (χ3v) is 5.54. The zero-order valence-electron chi connectivity index (χ0n) is 15.5. The van der Waals surface area contributed by atoms with Gasteiger partial charge in [0, 0.05) is 25.6 Å². The number of para-hydroxylation sites is 2. The monoisotopic (exact) mass is 359 g/mol. The normalized spacial score (nSPS) is 18.6. The van der Waals surface area contributed by atoms with Crippen LogP contribution in [0.4, 0.5) is 10.5 Å². The molecule has 1 heterocycles. The first-order chi connectivity index (χ1) is 12.7. The molecule has 0 bridgehead atoms. The van der Waals surface area contributed by atoms with Crippen molar-refractivity contribution < 1.29 is 14.3 Å². The summed E-state index contributed by atoms with van der Waals surface area (Å²) in [5.74, 6) is 1.56. The number of likely N-dealkylation sites (tertiary alicyclic amines) is 1. The lowest BCUT2D eigenvalue weighted by Crippen LogP contribution is -2.43. The zero-order chi connectivity index (χ0) is 18.4. The van der Waals surface area contributed by atoms with Crippen LogP contribution in [0.3, 0.4) is 0 Å². The van der Waals surface area contributed by atoms with Crippen molar-refractivity contribution in [1.82, 2.24) is 10.2 Å². The summed E-state index contributed by atoms with van der Waals surface area (Å²) >= 11 is 0. The van der Waals surface area contributed by atoms with E-state index in [1.54, 1.807) is 7.11 Å². The van der Waals surface area contributed by atoms with Gasteiger partial charge in [-0.15, -0.1) is 0 Å². The number of hydrogen-bond donors (Lipinski definition) is 2. The summed E-state index contributed by atoms with van der Waals surface area (Å²) < 4.78 is 5.27. The smallest absolute Gasteiger partial charge is 0.321 e. The molecule has 0 spiro atoms. The lowest BCUT2D eigenvalue weighted by atomic mass is 9.96. The van der Waals surface area contributed by atoms with E-state index >= 15 is 0 Å². The highest BCUT2D eigenvalue weighted by Gasteiger charge is 2.26. The SMILES string of the molecule is COc1ccccc1NC(=O)N1CCC(CNC(=O)C2CCCC2)CC1. The second-order valence-electron chi connectivity index (χ2n) is 7.29. The lowest BCUT2D eigenvalue weighted by Gasteiger charge is -2.32. The summed E-state index contributed by atoms with van der Waals surface area (Å²) in [6, 6.07) is 7.32. The average molecular weight is 359 g/mol. The molecule has 142 valence electrons. The molecule has 0 atom stereocenters. The van der Waals surface area contributed by atoms with Gasteiger partial charge in [-0.1, -0.05) is 25.0 Å². The molecule has 1 aromatic rings. The van der Waals surface area contributed by atoms with Crippen LogP contribution in [0.15, 0.2) is 24.3 Å². The summed E-state index contributed by atoms with van der Waals surface area (Å²) in [6.07, 6.45) is 6.27. The predicted octanol–water partition coefficient (Wildman–Crippen LogP) is 3.25. The third kappa shape index (κ3) is 4.68. The largest absolute Gasteiger partial charge is 0.495 e. The molecule has 6 nitrogen and oxygen atoms in total. The van der Waals surface area contributed by atoms with E-state index in [1.807, 2.05) is 29.2 Å². The minimum absolute atomic E-state index is 0.0945. The van der Waals surface area contributed by atoms with Gasteiger partial charge >= 0.3 is 6.03 Å². The Morgan fingerprint density at radius 2 is 1.81 bits per heavy atom. The molecular weight excluding hydrogens is 330 g/mol. The lowest BCUT2D eigenvalue weighted by molar-refractivity contribution is -0.125. The molecule has 26 heavy (non-hydrogen) atoms. The summed E-state index contributed by atoms with van der Waals surface area (Å²) in [5.41, 5.74) is 0.686. The highest BCUT2D eigenvalue weighted by atomic mass is 16.5. The van der Waals surface area contributed by atoms with Crippen molar-refractivity contribution in [1.29, 1.82) is 0 Å². The van der Waals surface area contributed by atoms with Gasteiger partial charge in [0.25, 0.3) is 0 Å². The fraction of sp³-hybridized carbons (Fsp3) is 0.600. The third-order valence-electron chi connectivity index (χ3n) is 5.54. The summed E-state index contributed by atoms with van der Waals surface area (Å²) in [7, 11) is 1.59. The van der Waals surface area contributed by atoms with Crippen molar-refractivity contribution >= 4 is 17.6 Å². The molecule has 0 aromatic heterocycles. The van der Waals surface area contributed by atoms with Gasteiger partial charge in [-0.2, -0.15) is 0 Å². The molecule has 2 N–H and O–H groups in total. The molecule has 1 saturated heterocycles. The van der Waals surface area contributed by atoms with Gasteiger partial charge in [-0.25, -0.2) is 4.79 Å². The molecule has 0 radical (unpaired) electrons. The molecule has 0 unspecified atom stereocenters. The number of urea groups is 1. The zero-order valence-corrected chi connectivity index (χ0v) is 15.5. The van der Waals surface area contributed by atoms with Crippen LogP contribution in [0.5, 0.6) is 5.75 Å². The number of rotatable bonds is 5. The van der Waals surface area contributed by atoms with Crippen molar-refractivity contribution in [3.05, 3.63) is 24.3 Å². The van der Waals surface area contributed by atoms with E-state index in [2.05, 4.69) is 10.6 Å². The van der Waals surface area contributed by atoms with Crippen LogP contribution in [0, 0.1) is 11.8 Å². The molecule has 3 rings (SSSR count). The second kappa shape index (κ2) is 8.92. The van der Waals surface area contributed by atoms with Crippen molar-refractivity contribution in [2.75, 3.05) is 32.1 Å². The van der Waals surface area contributed by atoms with Crippen LogP contribution < -0.4 is 15.4 Å². The van der Waals surface area contributed by atoms with Gasteiger partial charge in [0.1, 0.15) is 5.75 Å². The average Bonchev–Trinajstić information content (AvgIpc) is 3.22. The van der Waals surface area contributed by atoms with Crippen molar-refractivity contribution in [2.45, 2.75) is 38.5 Å². The molecule has 6 heteroatoms. The van der Waals surface area contributed by atoms with Crippen molar-refractivity contribution in [3.63, 3.8) is 0 Å². The Morgan fingerprint density at radius 1 is 1.12 bits per heavy atom. The number of nitrogens with zero attached hydrogens (tertiary/aromatic N) is 1. The fourth-order valence-electron chi connectivity index (χ4n) is 3.86. The Morgan fingerprint density at radius 3 is 2.50 bits per heavy atom. The van der Waals surface area contributed by atoms with Crippen LogP contribution in [0.2, 0.25) is 0 Å². The van der Waals surface area contributed by atoms with E-state index < -0.39 is 0 Å². The number of carbonyl (C=O) groups excluding carboxylic acids is 2. The number of hydrogen-bond acceptors (Lipinski definition) is 3. The Labute approximate surface area is 155 Å². The van der Waals surface area contributed by atoms with Gasteiger partial charge in [-0.05, 0) is 43.7 Å². The molecule has 2 fully saturated rings. The Kier molecular flexibility index (Phi) is 6.36. The minimum atomic E-state index is -0.0945. The van der Waals surface area contributed by atoms with E-state index in [9.17, 15) is 9.59 Å². The molecule has 1 aliphatic heterocycles. The Hall–Kier alpha value is -2.24. The highest BCUT2D eigenvalue weighted by Crippen LogP contribution is 2.26. The van der Waals surface area contributed by atoms with E-state index in [0.29, 0.717) is 30.4 Å². The van der Waals surface area contributed by atoms with Crippen LogP contribution in [0.25, 0.3) is 0 Å². The second-order valence-corrected chi connectivity index (χ2v) is 7.29. The molecule has 1 aliphatic carbocycles.